The number of carbonyl (C=O) groups excluding carboxylic acids is 1. The van der Waals surface area contributed by atoms with Gasteiger partial charge in [0.15, 0.2) is 0 Å². The number of pyridine rings is 1. The Hall–Kier alpha value is -1.62. The number of rotatable bonds is 6. The van der Waals surface area contributed by atoms with Gasteiger partial charge >= 0.3 is 0 Å². The van der Waals surface area contributed by atoms with Gasteiger partial charge in [-0.15, -0.1) is 0 Å². The van der Waals surface area contributed by atoms with E-state index >= 15 is 0 Å². The van der Waals surface area contributed by atoms with E-state index in [1.54, 1.807) is 12.3 Å². The summed E-state index contributed by atoms with van der Waals surface area (Å²) in [6, 6.07) is 3.54. The predicted octanol–water partition coefficient (Wildman–Crippen LogP) is 1.08. The number of nitrogens with zero attached hydrogens (tertiary/aromatic N) is 2. The molecule has 0 unspecified atom stereocenters. The number of likely N-dealkylation sites (tertiary alicyclic amines) is 1. The SMILES string of the molecule is NC(=O)c1cc(NCCCN2CCCC2)ccn1. The Bertz CT molecular complexity index is 402. The number of carbonyl (C=O) groups is 1. The molecular formula is C13H20N4O. The van der Waals surface area contributed by atoms with Crippen LogP contribution in [0.25, 0.3) is 0 Å². The van der Waals surface area contributed by atoms with Gasteiger partial charge in [-0.05, 0) is 51.0 Å². The summed E-state index contributed by atoms with van der Waals surface area (Å²) in [4.78, 5) is 17.4. The highest BCUT2D eigenvalue weighted by Crippen LogP contribution is 2.09. The Balaban J connectivity index is 1.72. The van der Waals surface area contributed by atoms with Gasteiger partial charge < -0.3 is 16.0 Å². The molecule has 1 saturated heterocycles. The van der Waals surface area contributed by atoms with Crippen LogP contribution in [0.2, 0.25) is 0 Å². The van der Waals surface area contributed by atoms with E-state index in [2.05, 4.69) is 15.2 Å². The fourth-order valence-corrected chi connectivity index (χ4v) is 2.22. The Labute approximate surface area is 107 Å². The molecule has 1 aliphatic rings. The molecule has 5 heteroatoms. The minimum Gasteiger partial charge on any atom is -0.385 e. The van der Waals surface area contributed by atoms with Crippen molar-refractivity contribution in [1.82, 2.24) is 9.88 Å². The number of hydrogen-bond acceptors (Lipinski definition) is 4. The van der Waals surface area contributed by atoms with Crippen LogP contribution in [0.4, 0.5) is 5.69 Å². The lowest BCUT2D eigenvalue weighted by molar-refractivity contribution is 0.0995. The molecule has 2 heterocycles. The summed E-state index contributed by atoms with van der Waals surface area (Å²) >= 11 is 0. The van der Waals surface area contributed by atoms with Gasteiger partial charge in [0.2, 0.25) is 0 Å². The van der Waals surface area contributed by atoms with Crippen LogP contribution in [0.1, 0.15) is 29.8 Å². The normalized spacial score (nSPS) is 15.8. The third-order valence-corrected chi connectivity index (χ3v) is 3.19. The standard InChI is InChI=1S/C13H20N4O/c14-13(18)12-10-11(4-6-16-12)15-5-3-9-17-7-1-2-8-17/h4,6,10H,1-3,5,7-9H2,(H2,14,18)(H,15,16). The second-order valence-electron chi connectivity index (χ2n) is 4.62. The maximum absolute atomic E-state index is 11.0. The lowest BCUT2D eigenvalue weighted by Crippen LogP contribution is -2.22. The molecule has 3 N–H and O–H groups in total. The number of anilines is 1. The van der Waals surface area contributed by atoms with Crippen molar-refractivity contribution in [2.75, 3.05) is 31.5 Å². The first-order valence-electron chi connectivity index (χ1n) is 6.48. The molecule has 2 rings (SSSR count). The maximum atomic E-state index is 11.0. The van der Waals surface area contributed by atoms with E-state index in [-0.39, 0.29) is 0 Å². The molecule has 98 valence electrons. The minimum atomic E-state index is -0.490. The van der Waals surface area contributed by atoms with Crippen LogP contribution in [-0.2, 0) is 0 Å². The van der Waals surface area contributed by atoms with Gasteiger partial charge in [0, 0.05) is 18.4 Å². The van der Waals surface area contributed by atoms with E-state index in [9.17, 15) is 4.79 Å². The van der Waals surface area contributed by atoms with Gasteiger partial charge in [0.1, 0.15) is 5.69 Å². The molecule has 0 radical (unpaired) electrons. The number of primary amides is 1. The fraction of sp³-hybridized carbons (Fsp3) is 0.538. The van der Waals surface area contributed by atoms with Gasteiger partial charge in [-0.3, -0.25) is 9.78 Å². The Morgan fingerprint density at radius 1 is 1.44 bits per heavy atom. The van der Waals surface area contributed by atoms with Crippen LogP contribution < -0.4 is 11.1 Å². The monoisotopic (exact) mass is 248 g/mol. The van der Waals surface area contributed by atoms with E-state index in [1.165, 1.54) is 25.9 Å². The highest BCUT2D eigenvalue weighted by Gasteiger charge is 2.10. The number of amides is 1. The van der Waals surface area contributed by atoms with Gasteiger partial charge in [-0.1, -0.05) is 0 Å². The van der Waals surface area contributed by atoms with Crippen molar-refractivity contribution in [3.8, 4) is 0 Å². The molecule has 1 aliphatic heterocycles. The summed E-state index contributed by atoms with van der Waals surface area (Å²) in [5.41, 5.74) is 6.39. The summed E-state index contributed by atoms with van der Waals surface area (Å²) in [6.07, 6.45) is 5.37. The number of nitrogens with one attached hydrogen (secondary N) is 1. The fourth-order valence-electron chi connectivity index (χ4n) is 2.22. The minimum absolute atomic E-state index is 0.305. The van der Waals surface area contributed by atoms with E-state index in [0.717, 1.165) is 25.2 Å². The summed E-state index contributed by atoms with van der Waals surface area (Å²) in [5.74, 6) is -0.490. The average molecular weight is 248 g/mol. The van der Waals surface area contributed by atoms with Gasteiger partial charge in [-0.25, -0.2) is 0 Å². The van der Waals surface area contributed by atoms with Crippen molar-refractivity contribution in [2.45, 2.75) is 19.3 Å². The molecule has 5 nitrogen and oxygen atoms in total. The summed E-state index contributed by atoms with van der Waals surface area (Å²) in [6.45, 7) is 4.52. The van der Waals surface area contributed by atoms with Crippen molar-refractivity contribution in [3.63, 3.8) is 0 Å². The molecule has 1 aromatic heterocycles. The zero-order valence-electron chi connectivity index (χ0n) is 10.6. The molecule has 0 aromatic carbocycles. The van der Waals surface area contributed by atoms with Crippen LogP contribution in [0.3, 0.4) is 0 Å². The predicted molar refractivity (Wildman–Crippen MR) is 71.5 cm³/mol. The number of hydrogen-bond donors (Lipinski definition) is 2. The second kappa shape index (κ2) is 6.35. The topological polar surface area (TPSA) is 71.2 Å². The van der Waals surface area contributed by atoms with Crippen LogP contribution in [0.15, 0.2) is 18.3 Å². The Kier molecular flexibility index (Phi) is 4.52. The van der Waals surface area contributed by atoms with E-state index in [0.29, 0.717) is 5.69 Å². The lowest BCUT2D eigenvalue weighted by atomic mass is 10.3. The maximum Gasteiger partial charge on any atom is 0.267 e. The summed E-state index contributed by atoms with van der Waals surface area (Å²) < 4.78 is 0. The number of aromatic nitrogens is 1. The quantitative estimate of drug-likeness (QED) is 0.739. The molecule has 1 aromatic rings. The van der Waals surface area contributed by atoms with Crippen LogP contribution >= 0.6 is 0 Å². The third-order valence-electron chi connectivity index (χ3n) is 3.19. The smallest absolute Gasteiger partial charge is 0.267 e. The first-order chi connectivity index (χ1) is 8.75. The lowest BCUT2D eigenvalue weighted by Gasteiger charge is -2.14. The Morgan fingerprint density at radius 3 is 2.94 bits per heavy atom. The van der Waals surface area contributed by atoms with Crippen LogP contribution in [0.5, 0.6) is 0 Å². The van der Waals surface area contributed by atoms with Crippen molar-refractivity contribution >= 4 is 11.6 Å². The van der Waals surface area contributed by atoms with Crippen molar-refractivity contribution < 1.29 is 4.79 Å². The number of nitrogens with two attached hydrogens (primary N) is 1. The molecule has 0 bridgehead atoms. The van der Waals surface area contributed by atoms with Gasteiger partial charge in [-0.2, -0.15) is 0 Å². The van der Waals surface area contributed by atoms with E-state index in [1.807, 2.05) is 6.07 Å². The largest absolute Gasteiger partial charge is 0.385 e. The molecule has 0 spiro atoms. The first kappa shape index (κ1) is 12.8. The van der Waals surface area contributed by atoms with Crippen LogP contribution in [-0.4, -0.2) is 42.0 Å². The second-order valence-corrected chi connectivity index (χ2v) is 4.62. The van der Waals surface area contributed by atoms with Crippen LogP contribution in [0, 0.1) is 0 Å². The van der Waals surface area contributed by atoms with E-state index < -0.39 is 5.91 Å². The zero-order valence-corrected chi connectivity index (χ0v) is 10.6. The molecule has 1 fully saturated rings. The molecule has 18 heavy (non-hydrogen) atoms. The molecule has 0 saturated carbocycles. The third kappa shape index (κ3) is 3.70. The highest BCUT2D eigenvalue weighted by molar-refractivity contribution is 5.91. The van der Waals surface area contributed by atoms with E-state index in [4.69, 9.17) is 5.73 Å². The average Bonchev–Trinajstić information content (AvgIpc) is 2.88. The highest BCUT2D eigenvalue weighted by atomic mass is 16.1. The molecule has 1 amide bonds. The Morgan fingerprint density at radius 2 is 2.22 bits per heavy atom. The molecular weight excluding hydrogens is 228 g/mol. The molecule has 0 aliphatic carbocycles. The zero-order chi connectivity index (χ0) is 12.8. The van der Waals surface area contributed by atoms with Gasteiger partial charge in [0.25, 0.3) is 5.91 Å². The van der Waals surface area contributed by atoms with Crippen molar-refractivity contribution in [1.29, 1.82) is 0 Å². The first-order valence-corrected chi connectivity index (χ1v) is 6.48. The van der Waals surface area contributed by atoms with Gasteiger partial charge in [0.05, 0.1) is 0 Å². The van der Waals surface area contributed by atoms with Crippen molar-refractivity contribution in [3.05, 3.63) is 24.0 Å². The summed E-state index contributed by atoms with van der Waals surface area (Å²) in [7, 11) is 0. The molecule has 0 atom stereocenters. The van der Waals surface area contributed by atoms with Crippen molar-refractivity contribution in [2.24, 2.45) is 5.73 Å². The summed E-state index contributed by atoms with van der Waals surface area (Å²) in [5, 5.41) is 3.29.